The van der Waals surface area contributed by atoms with Crippen LogP contribution in [-0.2, 0) is 10.0 Å². The van der Waals surface area contributed by atoms with Gasteiger partial charge in [-0.05, 0) is 24.3 Å². The molecule has 0 fully saturated rings. The van der Waals surface area contributed by atoms with Crippen LogP contribution in [-0.4, -0.2) is 18.4 Å². The Morgan fingerprint density at radius 1 is 1.21 bits per heavy atom. The third-order valence-corrected chi connectivity index (χ3v) is 3.02. The minimum absolute atomic E-state index is 0. The SMILES string of the molecule is Cl.Nc1nccc(Nc2cccc(S(N)(=O)=O)c2)n1. The molecule has 2 rings (SSSR count). The molecule has 0 atom stereocenters. The van der Waals surface area contributed by atoms with Gasteiger partial charge in [-0.2, -0.15) is 4.98 Å². The second-order valence-electron chi connectivity index (χ2n) is 3.50. The molecule has 19 heavy (non-hydrogen) atoms. The van der Waals surface area contributed by atoms with Crippen LogP contribution in [0.15, 0.2) is 41.4 Å². The Balaban J connectivity index is 0.00000180. The van der Waals surface area contributed by atoms with E-state index in [0.717, 1.165) is 0 Å². The van der Waals surface area contributed by atoms with Crippen molar-refractivity contribution in [3.63, 3.8) is 0 Å². The summed E-state index contributed by atoms with van der Waals surface area (Å²) in [6, 6.07) is 7.70. The molecule has 9 heteroatoms. The molecule has 0 spiro atoms. The molecule has 1 aromatic heterocycles. The first-order chi connectivity index (χ1) is 8.45. The number of nitrogens with zero attached hydrogens (tertiary/aromatic N) is 2. The van der Waals surface area contributed by atoms with Gasteiger partial charge in [0.2, 0.25) is 16.0 Å². The summed E-state index contributed by atoms with van der Waals surface area (Å²) in [7, 11) is -3.72. The third-order valence-electron chi connectivity index (χ3n) is 2.11. The minimum atomic E-state index is -3.72. The number of rotatable bonds is 3. The van der Waals surface area contributed by atoms with E-state index in [9.17, 15) is 8.42 Å². The lowest BCUT2D eigenvalue weighted by atomic mass is 10.3. The van der Waals surface area contributed by atoms with Crippen molar-refractivity contribution in [2.24, 2.45) is 5.14 Å². The number of hydrogen-bond acceptors (Lipinski definition) is 6. The first kappa shape index (κ1) is 15.2. The van der Waals surface area contributed by atoms with Crippen LogP contribution in [0.2, 0.25) is 0 Å². The number of benzene rings is 1. The van der Waals surface area contributed by atoms with Crippen molar-refractivity contribution in [1.29, 1.82) is 0 Å². The molecule has 0 aliphatic heterocycles. The largest absolute Gasteiger partial charge is 0.368 e. The van der Waals surface area contributed by atoms with Crippen molar-refractivity contribution in [3.05, 3.63) is 36.5 Å². The molecule has 1 aromatic carbocycles. The molecule has 0 aliphatic carbocycles. The predicted octanol–water partition coefficient (Wildman–Crippen LogP) is 0.872. The lowest BCUT2D eigenvalue weighted by Crippen LogP contribution is -2.12. The van der Waals surface area contributed by atoms with Gasteiger partial charge in [-0.25, -0.2) is 18.5 Å². The number of sulfonamides is 1. The van der Waals surface area contributed by atoms with E-state index in [2.05, 4.69) is 15.3 Å². The van der Waals surface area contributed by atoms with Crippen LogP contribution < -0.4 is 16.2 Å². The van der Waals surface area contributed by atoms with Gasteiger partial charge in [0.25, 0.3) is 0 Å². The average molecular weight is 302 g/mol. The monoisotopic (exact) mass is 301 g/mol. The second kappa shape index (κ2) is 5.83. The number of halogens is 1. The van der Waals surface area contributed by atoms with E-state index in [0.29, 0.717) is 11.5 Å². The molecular formula is C10H12ClN5O2S. The quantitative estimate of drug-likeness (QED) is 0.772. The Labute approximate surface area is 116 Å². The number of nitrogens with one attached hydrogen (secondary N) is 1. The molecule has 0 amide bonds. The predicted molar refractivity (Wildman–Crippen MR) is 74.8 cm³/mol. The number of hydrogen-bond donors (Lipinski definition) is 3. The van der Waals surface area contributed by atoms with Gasteiger partial charge in [-0.3, -0.25) is 0 Å². The lowest BCUT2D eigenvalue weighted by Gasteiger charge is -2.06. The van der Waals surface area contributed by atoms with Crippen LogP contribution in [0.1, 0.15) is 0 Å². The van der Waals surface area contributed by atoms with Crippen molar-refractivity contribution < 1.29 is 8.42 Å². The highest BCUT2D eigenvalue weighted by molar-refractivity contribution is 7.89. The highest BCUT2D eigenvalue weighted by Crippen LogP contribution is 2.18. The molecule has 0 saturated carbocycles. The summed E-state index contributed by atoms with van der Waals surface area (Å²) < 4.78 is 22.4. The minimum Gasteiger partial charge on any atom is -0.368 e. The fraction of sp³-hybridized carbons (Fsp3) is 0. The van der Waals surface area contributed by atoms with Crippen LogP contribution in [0, 0.1) is 0 Å². The van der Waals surface area contributed by atoms with Gasteiger partial charge >= 0.3 is 0 Å². The fourth-order valence-corrected chi connectivity index (χ4v) is 1.90. The molecule has 2 aromatic rings. The van der Waals surface area contributed by atoms with Crippen molar-refractivity contribution in [2.75, 3.05) is 11.1 Å². The summed E-state index contributed by atoms with van der Waals surface area (Å²) in [6.45, 7) is 0. The molecule has 7 nitrogen and oxygen atoms in total. The number of nitrogens with two attached hydrogens (primary N) is 2. The van der Waals surface area contributed by atoms with Gasteiger partial charge < -0.3 is 11.1 Å². The molecule has 102 valence electrons. The maximum Gasteiger partial charge on any atom is 0.238 e. The zero-order valence-electron chi connectivity index (χ0n) is 9.65. The molecule has 0 unspecified atom stereocenters. The maximum absolute atomic E-state index is 11.2. The van der Waals surface area contributed by atoms with Crippen LogP contribution >= 0.6 is 12.4 Å². The first-order valence-corrected chi connectivity index (χ1v) is 6.48. The highest BCUT2D eigenvalue weighted by Gasteiger charge is 2.08. The zero-order valence-corrected chi connectivity index (χ0v) is 11.3. The molecule has 0 bridgehead atoms. The van der Waals surface area contributed by atoms with E-state index in [4.69, 9.17) is 10.9 Å². The van der Waals surface area contributed by atoms with E-state index in [1.165, 1.54) is 18.3 Å². The van der Waals surface area contributed by atoms with Gasteiger partial charge in [0, 0.05) is 11.9 Å². The van der Waals surface area contributed by atoms with Crippen molar-refractivity contribution >= 4 is 39.9 Å². The van der Waals surface area contributed by atoms with Crippen LogP contribution in [0.5, 0.6) is 0 Å². The molecule has 1 heterocycles. The van der Waals surface area contributed by atoms with Crippen molar-refractivity contribution in [3.8, 4) is 0 Å². The highest BCUT2D eigenvalue weighted by atomic mass is 35.5. The van der Waals surface area contributed by atoms with Gasteiger partial charge in [0.15, 0.2) is 0 Å². The summed E-state index contributed by atoms with van der Waals surface area (Å²) in [5, 5.41) is 7.95. The topological polar surface area (TPSA) is 124 Å². The fourth-order valence-electron chi connectivity index (χ4n) is 1.34. The molecule has 5 N–H and O–H groups in total. The van der Waals surface area contributed by atoms with Crippen molar-refractivity contribution in [1.82, 2.24) is 9.97 Å². The number of nitrogen functional groups attached to an aromatic ring is 1. The Bertz CT molecular complexity index is 677. The third kappa shape index (κ3) is 4.05. The Morgan fingerprint density at radius 2 is 1.95 bits per heavy atom. The summed E-state index contributed by atoms with van der Waals surface area (Å²) in [5.74, 6) is 0.594. The maximum atomic E-state index is 11.2. The average Bonchev–Trinajstić information content (AvgIpc) is 2.28. The molecule has 0 saturated heterocycles. The number of primary sulfonamides is 1. The standard InChI is InChI=1S/C10H11N5O2S.ClH/c11-10-13-5-4-9(15-10)14-7-2-1-3-8(6-7)18(12,16)17;/h1-6H,(H2,12,16,17)(H3,11,13,14,15);1H. The lowest BCUT2D eigenvalue weighted by molar-refractivity contribution is 0.598. The van der Waals surface area contributed by atoms with Gasteiger partial charge in [0.1, 0.15) is 5.82 Å². The Kier molecular flexibility index (Phi) is 4.65. The molecule has 0 aliphatic rings. The van der Waals surface area contributed by atoms with E-state index in [-0.39, 0.29) is 23.3 Å². The number of anilines is 3. The number of aromatic nitrogens is 2. The van der Waals surface area contributed by atoms with Gasteiger partial charge in [-0.1, -0.05) is 6.07 Å². The van der Waals surface area contributed by atoms with E-state index in [1.807, 2.05) is 0 Å². The van der Waals surface area contributed by atoms with Gasteiger partial charge in [0.05, 0.1) is 4.90 Å². The van der Waals surface area contributed by atoms with Crippen LogP contribution in [0.3, 0.4) is 0 Å². The summed E-state index contributed by atoms with van der Waals surface area (Å²) in [5.41, 5.74) is 5.97. The summed E-state index contributed by atoms with van der Waals surface area (Å²) in [4.78, 5) is 7.71. The second-order valence-corrected chi connectivity index (χ2v) is 5.06. The summed E-state index contributed by atoms with van der Waals surface area (Å²) in [6.07, 6.45) is 1.49. The van der Waals surface area contributed by atoms with E-state index >= 15 is 0 Å². The zero-order chi connectivity index (χ0) is 13.2. The normalized spacial score (nSPS) is 10.6. The van der Waals surface area contributed by atoms with Crippen molar-refractivity contribution in [2.45, 2.75) is 4.90 Å². The van der Waals surface area contributed by atoms with Crippen LogP contribution in [0.25, 0.3) is 0 Å². The van der Waals surface area contributed by atoms with Gasteiger partial charge in [-0.15, -0.1) is 12.4 Å². The molecular weight excluding hydrogens is 290 g/mol. The smallest absolute Gasteiger partial charge is 0.238 e. The summed E-state index contributed by atoms with van der Waals surface area (Å²) >= 11 is 0. The Hall–Kier alpha value is -1.90. The molecule has 0 radical (unpaired) electrons. The van der Waals surface area contributed by atoms with E-state index < -0.39 is 10.0 Å². The Morgan fingerprint density at radius 3 is 2.58 bits per heavy atom. The van der Waals surface area contributed by atoms with Crippen LogP contribution in [0.4, 0.5) is 17.5 Å². The first-order valence-electron chi connectivity index (χ1n) is 4.93. The van der Waals surface area contributed by atoms with E-state index in [1.54, 1.807) is 18.2 Å².